The van der Waals surface area contributed by atoms with Gasteiger partial charge >= 0.3 is 5.97 Å². The summed E-state index contributed by atoms with van der Waals surface area (Å²) >= 11 is 1.49. The maximum Gasteiger partial charge on any atom is 0.344 e. The lowest BCUT2D eigenvalue weighted by Crippen LogP contribution is -2.35. The molecule has 0 N–H and O–H groups in total. The number of carbonyl (C=O) groups excluding carboxylic acids is 2. The number of aryl methyl sites for hydroxylation is 1. The van der Waals surface area contributed by atoms with Crippen molar-refractivity contribution in [1.29, 1.82) is 0 Å². The number of amides is 1. The second kappa shape index (κ2) is 10.5. The lowest BCUT2D eigenvalue weighted by atomic mass is 10.2. The van der Waals surface area contributed by atoms with Crippen LogP contribution in [0.2, 0.25) is 0 Å². The summed E-state index contributed by atoms with van der Waals surface area (Å²) in [5.74, 6) is 0.405. The number of hydrogen-bond donors (Lipinski definition) is 0. The van der Waals surface area contributed by atoms with Gasteiger partial charge in [-0.1, -0.05) is 31.2 Å². The first-order valence-corrected chi connectivity index (χ1v) is 10.4. The van der Waals surface area contributed by atoms with Crippen LogP contribution in [0.5, 0.6) is 5.75 Å². The first-order valence-electron chi connectivity index (χ1n) is 9.55. The Morgan fingerprint density at radius 2 is 1.97 bits per heavy atom. The third-order valence-electron chi connectivity index (χ3n) is 4.17. The first-order chi connectivity index (χ1) is 14.6. The summed E-state index contributed by atoms with van der Waals surface area (Å²) in [6.45, 7) is 3.83. The summed E-state index contributed by atoms with van der Waals surface area (Å²) in [7, 11) is 0. The molecule has 3 aromatic rings. The maximum absolute atomic E-state index is 12.5. The van der Waals surface area contributed by atoms with E-state index in [1.54, 1.807) is 6.07 Å². The summed E-state index contributed by atoms with van der Waals surface area (Å²) in [5, 5.41) is 9.95. The van der Waals surface area contributed by atoms with Gasteiger partial charge in [-0.3, -0.25) is 4.79 Å². The van der Waals surface area contributed by atoms with Gasteiger partial charge < -0.3 is 18.8 Å². The fraction of sp³-hybridized carbons (Fsp3) is 0.333. The molecule has 3 rings (SSSR count). The molecule has 2 heterocycles. The predicted molar refractivity (Wildman–Crippen MR) is 111 cm³/mol. The zero-order valence-electron chi connectivity index (χ0n) is 16.9. The first kappa shape index (κ1) is 21.5. The number of esters is 1. The van der Waals surface area contributed by atoms with Gasteiger partial charge in [-0.05, 0) is 36.4 Å². The molecule has 0 saturated carbocycles. The van der Waals surface area contributed by atoms with Crippen molar-refractivity contribution in [3.63, 3.8) is 0 Å². The Bertz CT molecular complexity index is 971. The van der Waals surface area contributed by atoms with E-state index in [9.17, 15) is 9.59 Å². The average Bonchev–Trinajstić information content (AvgIpc) is 3.43. The van der Waals surface area contributed by atoms with Crippen molar-refractivity contribution >= 4 is 23.2 Å². The van der Waals surface area contributed by atoms with Gasteiger partial charge in [0.2, 0.25) is 5.89 Å². The highest BCUT2D eigenvalue weighted by molar-refractivity contribution is 7.13. The van der Waals surface area contributed by atoms with Gasteiger partial charge in [0.1, 0.15) is 5.75 Å². The maximum atomic E-state index is 12.5. The molecule has 1 aromatic carbocycles. The molecule has 1 amide bonds. The van der Waals surface area contributed by atoms with Crippen molar-refractivity contribution in [2.45, 2.75) is 26.8 Å². The zero-order valence-corrected chi connectivity index (χ0v) is 17.7. The number of aromatic nitrogens is 2. The van der Waals surface area contributed by atoms with Crippen LogP contribution in [0.25, 0.3) is 10.8 Å². The Balaban J connectivity index is 1.50. The lowest BCUT2D eigenvalue weighted by Gasteiger charge is -2.20. The van der Waals surface area contributed by atoms with Crippen LogP contribution >= 0.6 is 11.3 Å². The van der Waals surface area contributed by atoms with Crippen LogP contribution in [-0.4, -0.2) is 46.7 Å². The third-order valence-corrected chi connectivity index (χ3v) is 5.02. The van der Waals surface area contributed by atoms with Crippen LogP contribution in [0.1, 0.15) is 24.8 Å². The van der Waals surface area contributed by atoms with Gasteiger partial charge in [-0.15, -0.1) is 21.5 Å². The topological polar surface area (TPSA) is 94.8 Å². The fourth-order valence-corrected chi connectivity index (χ4v) is 3.32. The lowest BCUT2D eigenvalue weighted by molar-refractivity contribution is -0.154. The number of para-hydroxylation sites is 1. The molecule has 158 valence electrons. The van der Waals surface area contributed by atoms with Crippen molar-refractivity contribution in [1.82, 2.24) is 15.1 Å². The van der Waals surface area contributed by atoms with E-state index < -0.39 is 5.97 Å². The summed E-state index contributed by atoms with van der Waals surface area (Å²) < 4.78 is 16.2. The highest BCUT2D eigenvalue weighted by Gasteiger charge is 2.19. The highest BCUT2D eigenvalue weighted by Crippen LogP contribution is 2.23. The molecule has 0 unspecified atom stereocenters. The molecule has 0 fully saturated rings. The Labute approximate surface area is 178 Å². The third kappa shape index (κ3) is 5.90. The molecule has 0 saturated heterocycles. The number of carbonyl (C=O) groups is 2. The van der Waals surface area contributed by atoms with E-state index in [1.165, 1.54) is 16.2 Å². The molecule has 0 spiro atoms. The number of hydrogen-bond acceptors (Lipinski definition) is 8. The van der Waals surface area contributed by atoms with Crippen LogP contribution in [-0.2, 0) is 20.9 Å². The van der Waals surface area contributed by atoms with E-state index in [2.05, 4.69) is 10.2 Å². The van der Waals surface area contributed by atoms with Gasteiger partial charge in [0.25, 0.3) is 11.8 Å². The summed E-state index contributed by atoms with van der Waals surface area (Å²) in [4.78, 5) is 26.9. The van der Waals surface area contributed by atoms with Crippen molar-refractivity contribution in [3.05, 3.63) is 53.2 Å². The molecule has 0 aliphatic heterocycles. The molecular weight excluding hydrogens is 406 g/mol. The van der Waals surface area contributed by atoms with E-state index in [4.69, 9.17) is 13.9 Å². The van der Waals surface area contributed by atoms with E-state index >= 15 is 0 Å². The largest absolute Gasteiger partial charge is 0.482 e. The van der Waals surface area contributed by atoms with Gasteiger partial charge in [0.15, 0.2) is 13.2 Å². The van der Waals surface area contributed by atoms with Crippen LogP contribution in [0.15, 0.2) is 46.2 Å². The quantitative estimate of drug-likeness (QED) is 0.456. The van der Waals surface area contributed by atoms with Gasteiger partial charge in [-0.25, -0.2) is 4.79 Å². The molecule has 9 heteroatoms. The SMILES string of the molecule is CCCN(Cc1nnc(-c2cccs2)o1)C(=O)COC(=O)COc1ccccc1C. The zero-order chi connectivity index (χ0) is 21.3. The Morgan fingerprint density at radius 3 is 2.70 bits per heavy atom. The molecule has 0 atom stereocenters. The van der Waals surface area contributed by atoms with Crippen molar-refractivity contribution in [2.75, 3.05) is 19.8 Å². The highest BCUT2D eigenvalue weighted by atomic mass is 32.1. The van der Waals surface area contributed by atoms with E-state index in [0.717, 1.165) is 16.9 Å². The monoisotopic (exact) mass is 429 g/mol. The van der Waals surface area contributed by atoms with Gasteiger partial charge in [-0.2, -0.15) is 0 Å². The van der Waals surface area contributed by atoms with Crippen molar-refractivity contribution in [3.8, 4) is 16.5 Å². The van der Waals surface area contributed by atoms with Crippen molar-refractivity contribution < 1.29 is 23.5 Å². The molecule has 0 aliphatic carbocycles. The predicted octanol–water partition coefficient (Wildman–Crippen LogP) is 3.47. The average molecular weight is 429 g/mol. The molecule has 30 heavy (non-hydrogen) atoms. The molecule has 0 aliphatic rings. The van der Waals surface area contributed by atoms with Crippen LogP contribution in [0.3, 0.4) is 0 Å². The van der Waals surface area contributed by atoms with Crippen LogP contribution in [0.4, 0.5) is 0 Å². The number of benzene rings is 1. The Morgan fingerprint density at radius 1 is 1.13 bits per heavy atom. The molecular formula is C21H23N3O5S. The summed E-state index contributed by atoms with van der Waals surface area (Å²) in [6, 6.07) is 11.1. The van der Waals surface area contributed by atoms with Gasteiger partial charge in [0, 0.05) is 6.54 Å². The number of ether oxygens (including phenoxy) is 2. The summed E-state index contributed by atoms with van der Waals surface area (Å²) in [5.41, 5.74) is 0.914. The van der Waals surface area contributed by atoms with E-state index in [0.29, 0.717) is 24.1 Å². The van der Waals surface area contributed by atoms with Crippen LogP contribution in [0, 0.1) is 6.92 Å². The number of nitrogens with zero attached hydrogens (tertiary/aromatic N) is 3. The fourth-order valence-electron chi connectivity index (χ4n) is 2.67. The standard InChI is InChI=1S/C21H23N3O5S/c1-3-10-24(12-18-22-23-21(29-18)17-9-6-11-30-17)19(25)13-28-20(26)14-27-16-8-5-4-7-15(16)2/h4-9,11H,3,10,12-14H2,1-2H3. The normalized spacial score (nSPS) is 10.6. The van der Waals surface area contributed by atoms with Crippen molar-refractivity contribution in [2.24, 2.45) is 0 Å². The second-order valence-corrected chi connectivity index (χ2v) is 7.46. The molecule has 8 nitrogen and oxygen atoms in total. The minimum Gasteiger partial charge on any atom is -0.482 e. The smallest absolute Gasteiger partial charge is 0.344 e. The molecule has 2 aromatic heterocycles. The van der Waals surface area contributed by atoms with Crippen LogP contribution < -0.4 is 4.74 Å². The minimum atomic E-state index is -0.610. The Kier molecular flexibility index (Phi) is 7.56. The van der Waals surface area contributed by atoms with E-state index in [-0.39, 0.29) is 25.7 Å². The number of thiophene rings is 1. The Hall–Kier alpha value is -3.20. The second-order valence-electron chi connectivity index (χ2n) is 6.51. The van der Waals surface area contributed by atoms with Gasteiger partial charge in [0.05, 0.1) is 11.4 Å². The summed E-state index contributed by atoms with van der Waals surface area (Å²) in [6.07, 6.45) is 0.738. The number of rotatable bonds is 10. The van der Waals surface area contributed by atoms with E-state index in [1.807, 2.05) is 49.6 Å². The minimum absolute atomic E-state index is 0.155. The molecule has 0 radical (unpaired) electrons. The molecule has 0 bridgehead atoms.